The molecule has 0 fully saturated rings. The van der Waals surface area contributed by atoms with Crippen LogP contribution in [0.25, 0.3) is 21.9 Å². The second kappa shape index (κ2) is 9.56. The van der Waals surface area contributed by atoms with E-state index >= 15 is 0 Å². The van der Waals surface area contributed by atoms with Crippen LogP contribution >= 0.6 is 0 Å². The molecule has 5 aromatic rings. The number of aromatic amines is 3. The van der Waals surface area contributed by atoms with E-state index in [1.807, 2.05) is 24.3 Å². The first kappa shape index (κ1) is 25.2. The van der Waals surface area contributed by atoms with Gasteiger partial charge in [0.2, 0.25) is 11.9 Å². The van der Waals surface area contributed by atoms with Crippen molar-refractivity contribution in [2.45, 2.75) is 38.8 Å². The lowest BCUT2D eigenvalue weighted by atomic mass is 9.97. The molecule has 2 aromatic carbocycles. The van der Waals surface area contributed by atoms with Gasteiger partial charge in [-0.2, -0.15) is 0 Å². The number of anilines is 2. The maximum absolute atomic E-state index is 13.9. The quantitative estimate of drug-likeness (QED) is 0.226. The van der Waals surface area contributed by atoms with Crippen molar-refractivity contribution in [2.75, 3.05) is 17.2 Å². The van der Waals surface area contributed by atoms with E-state index < -0.39 is 29.6 Å². The van der Waals surface area contributed by atoms with E-state index in [9.17, 15) is 14.4 Å². The summed E-state index contributed by atoms with van der Waals surface area (Å²) >= 11 is 0. The Morgan fingerprint density at radius 3 is 2.58 bits per heavy atom. The number of fused-ring (bicyclic) bond motifs is 4. The van der Waals surface area contributed by atoms with E-state index in [0.717, 1.165) is 16.5 Å². The van der Waals surface area contributed by atoms with Gasteiger partial charge >= 0.3 is 6.09 Å². The molecule has 4 heterocycles. The van der Waals surface area contributed by atoms with Crippen LogP contribution in [0, 0.1) is 0 Å². The fourth-order valence-electron chi connectivity index (χ4n) is 5.00. The van der Waals surface area contributed by atoms with E-state index in [-0.39, 0.29) is 5.95 Å². The number of hydrogen-bond acceptors (Lipinski definition) is 6. The maximum atomic E-state index is 13.9. The van der Waals surface area contributed by atoms with Crippen molar-refractivity contribution in [3.63, 3.8) is 0 Å². The number of carbonyl (C=O) groups excluding carboxylic acids is 3. The molecule has 12 heteroatoms. The van der Waals surface area contributed by atoms with Gasteiger partial charge in [-0.25, -0.2) is 14.8 Å². The molecule has 12 nitrogen and oxygen atoms in total. The highest BCUT2D eigenvalue weighted by Gasteiger charge is 2.40. The lowest BCUT2D eigenvalue weighted by molar-refractivity contribution is -0.122. The fraction of sp³-hybridized carbons (Fsp3) is 0.250. The van der Waals surface area contributed by atoms with Gasteiger partial charge in [0.05, 0.1) is 16.8 Å². The van der Waals surface area contributed by atoms with Crippen molar-refractivity contribution in [3.05, 3.63) is 71.7 Å². The third kappa shape index (κ3) is 4.64. The van der Waals surface area contributed by atoms with Crippen LogP contribution in [0.5, 0.6) is 0 Å². The summed E-state index contributed by atoms with van der Waals surface area (Å²) in [5, 5.41) is 6.51. The molecule has 5 N–H and O–H groups in total. The summed E-state index contributed by atoms with van der Waals surface area (Å²) in [7, 11) is 0. The first-order valence-corrected chi connectivity index (χ1v) is 12.9. The molecule has 0 saturated heterocycles. The van der Waals surface area contributed by atoms with Crippen LogP contribution < -0.4 is 10.6 Å². The molecule has 204 valence electrons. The van der Waals surface area contributed by atoms with E-state index in [1.54, 1.807) is 45.2 Å². The van der Waals surface area contributed by atoms with Gasteiger partial charge in [0, 0.05) is 29.8 Å². The maximum Gasteiger partial charge on any atom is 0.411 e. The molecule has 0 bridgehead atoms. The molecular formula is C28H28N8O4. The van der Waals surface area contributed by atoms with Crippen molar-refractivity contribution < 1.29 is 19.1 Å². The van der Waals surface area contributed by atoms with Gasteiger partial charge in [-0.15, -0.1) is 0 Å². The number of ether oxygens (including phenoxy) is 1. The zero-order valence-electron chi connectivity index (χ0n) is 22.2. The SMILES string of the molecule is CC(C)(C)OC(=O)N1CCc2c([nH]c3ccccc23)C1C(=O)Nc1nc2c(C(=O)Nc3ncc[nH]3)cccc2[nH]1. The van der Waals surface area contributed by atoms with Gasteiger partial charge in [0.25, 0.3) is 11.8 Å². The van der Waals surface area contributed by atoms with Gasteiger partial charge in [-0.05, 0) is 51.0 Å². The molecule has 6 rings (SSSR count). The number of aromatic nitrogens is 5. The van der Waals surface area contributed by atoms with Crippen LogP contribution in [-0.4, -0.2) is 59.9 Å². The number of benzene rings is 2. The second-order valence-electron chi connectivity index (χ2n) is 10.6. The molecule has 0 saturated carbocycles. The summed E-state index contributed by atoms with van der Waals surface area (Å²) < 4.78 is 5.65. The van der Waals surface area contributed by atoms with Crippen LogP contribution in [0.3, 0.4) is 0 Å². The topological polar surface area (TPSA) is 161 Å². The Bertz CT molecular complexity index is 1750. The second-order valence-corrected chi connectivity index (χ2v) is 10.6. The third-order valence-corrected chi connectivity index (χ3v) is 6.64. The standard InChI is InChI=1S/C28H28N8O4/c1-28(2,3)40-27(39)36-14-11-16-15-7-4-5-9-18(15)31-21(16)22(36)24(38)35-26-32-19-10-6-8-17(20(19)33-26)23(37)34-25-29-12-13-30-25/h4-10,12-13,22,31H,11,14H2,1-3H3,(H2,29,30,34,37)(H2,32,33,35,38). The van der Waals surface area contributed by atoms with Gasteiger partial charge in [-0.1, -0.05) is 24.3 Å². The predicted molar refractivity (Wildman–Crippen MR) is 149 cm³/mol. The van der Waals surface area contributed by atoms with Crippen LogP contribution in [-0.2, 0) is 16.0 Å². The summed E-state index contributed by atoms with van der Waals surface area (Å²) in [6.07, 6.45) is 3.12. The molecular weight excluding hydrogens is 512 g/mol. The first-order chi connectivity index (χ1) is 19.2. The number of rotatable bonds is 4. The summed E-state index contributed by atoms with van der Waals surface area (Å²) in [5.74, 6) is -0.430. The number of imidazole rings is 2. The highest BCUT2D eigenvalue weighted by Crippen LogP contribution is 2.36. The number of para-hydroxylation sites is 2. The lowest BCUT2D eigenvalue weighted by Gasteiger charge is -2.35. The molecule has 1 aliphatic heterocycles. The average molecular weight is 541 g/mol. The van der Waals surface area contributed by atoms with Crippen molar-refractivity contribution in [2.24, 2.45) is 0 Å². The van der Waals surface area contributed by atoms with E-state index in [0.29, 0.717) is 41.2 Å². The summed E-state index contributed by atoms with van der Waals surface area (Å²) in [5.41, 5.74) is 3.00. The monoisotopic (exact) mass is 540 g/mol. The number of nitrogens with one attached hydrogen (secondary N) is 5. The Morgan fingerprint density at radius 2 is 1.80 bits per heavy atom. The zero-order valence-corrected chi connectivity index (χ0v) is 22.2. The molecule has 0 radical (unpaired) electrons. The fourth-order valence-corrected chi connectivity index (χ4v) is 5.00. The molecule has 3 aromatic heterocycles. The van der Waals surface area contributed by atoms with Crippen molar-refractivity contribution in [1.29, 1.82) is 0 Å². The number of hydrogen-bond donors (Lipinski definition) is 5. The van der Waals surface area contributed by atoms with Gasteiger partial charge in [0.15, 0.2) is 6.04 Å². The third-order valence-electron chi connectivity index (χ3n) is 6.64. The highest BCUT2D eigenvalue weighted by atomic mass is 16.6. The van der Waals surface area contributed by atoms with E-state index in [1.165, 1.54) is 11.1 Å². The molecule has 1 aliphatic rings. The zero-order chi connectivity index (χ0) is 28.0. The minimum Gasteiger partial charge on any atom is -0.444 e. The Kier molecular flexibility index (Phi) is 6.01. The number of amides is 3. The molecule has 0 aliphatic carbocycles. The average Bonchev–Trinajstić information content (AvgIpc) is 3.64. The normalized spacial score (nSPS) is 15.2. The number of carbonyl (C=O) groups is 3. The van der Waals surface area contributed by atoms with E-state index in [4.69, 9.17) is 4.74 Å². The minimum atomic E-state index is -0.985. The predicted octanol–water partition coefficient (Wildman–Crippen LogP) is 4.49. The van der Waals surface area contributed by atoms with Crippen LogP contribution in [0.2, 0.25) is 0 Å². The van der Waals surface area contributed by atoms with E-state index in [2.05, 4.69) is 35.6 Å². The smallest absolute Gasteiger partial charge is 0.411 e. The van der Waals surface area contributed by atoms with Gasteiger partial charge in [-0.3, -0.25) is 25.1 Å². The minimum absolute atomic E-state index is 0.144. The van der Waals surface area contributed by atoms with Crippen molar-refractivity contribution >= 4 is 51.7 Å². The van der Waals surface area contributed by atoms with Crippen molar-refractivity contribution in [1.82, 2.24) is 29.8 Å². The Hall–Kier alpha value is -5.13. The Balaban J connectivity index is 1.33. The summed E-state index contributed by atoms with van der Waals surface area (Å²) in [6.45, 7) is 5.66. The molecule has 0 spiro atoms. The van der Waals surface area contributed by atoms with Crippen molar-refractivity contribution in [3.8, 4) is 0 Å². The number of H-pyrrole nitrogens is 3. The molecule has 1 unspecified atom stereocenters. The highest BCUT2D eigenvalue weighted by molar-refractivity contribution is 6.11. The van der Waals surface area contributed by atoms with Gasteiger partial charge in [0.1, 0.15) is 11.1 Å². The van der Waals surface area contributed by atoms with Crippen LogP contribution in [0.15, 0.2) is 54.9 Å². The molecule has 40 heavy (non-hydrogen) atoms. The Morgan fingerprint density at radius 1 is 1.00 bits per heavy atom. The molecule has 1 atom stereocenters. The summed E-state index contributed by atoms with van der Waals surface area (Å²) in [4.78, 5) is 59.2. The van der Waals surface area contributed by atoms with Crippen LogP contribution in [0.1, 0.15) is 48.4 Å². The van der Waals surface area contributed by atoms with Crippen LogP contribution in [0.4, 0.5) is 16.7 Å². The summed E-state index contributed by atoms with van der Waals surface area (Å²) in [6, 6.07) is 11.9. The molecule has 3 amide bonds. The van der Waals surface area contributed by atoms with Gasteiger partial charge < -0.3 is 19.7 Å². The largest absolute Gasteiger partial charge is 0.444 e. The lowest BCUT2D eigenvalue weighted by Crippen LogP contribution is -2.47. The number of nitrogens with zero attached hydrogens (tertiary/aromatic N) is 3. The first-order valence-electron chi connectivity index (χ1n) is 12.9. The Labute approximate surface area is 228 Å².